The molecule has 1 aromatic rings. The summed E-state index contributed by atoms with van der Waals surface area (Å²) in [6.07, 6.45) is 0. The molecule has 2 N–H and O–H groups in total. The molecule has 1 rings (SSSR count). The SMILES string of the molecule is CCN(CCOc1ccccc1CN)C(C)CN(C)C. The second-order valence-corrected chi connectivity index (χ2v) is 5.40. The first-order chi connectivity index (χ1) is 9.58. The van der Waals surface area contributed by atoms with Crippen LogP contribution in [0.2, 0.25) is 0 Å². The van der Waals surface area contributed by atoms with Crippen molar-refractivity contribution in [2.45, 2.75) is 26.4 Å². The molecule has 0 saturated heterocycles. The highest BCUT2D eigenvalue weighted by Crippen LogP contribution is 2.17. The predicted octanol–water partition coefficient (Wildman–Crippen LogP) is 1.80. The zero-order valence-electron chi connectivity index (χ0n) is 13.3. The largest absolute Gasteiger partial charge is 0.492 e. The lowest BCUT2D eigenvalue weighted by Crippen LogP contribution is -2.42. The maximum absolute atomic E-state index is 5.88. The van der Waals surface area contributed by atoms with Crippen molar-refractivity contribution in [1.29, 1.82) is 0 Å². The van der Waals surface area contributed by atoms with Crippen molar-refractivity contribution >= 4 is 0 Å². The number of rotatable bonds is 9. The van der Waals surface area contributed by atoms with E-state index >= 15 is 0 Å². The number of hydrogen-bond donors (Lipinski definition) is 1. The third-order valence-electron chi connectivity index (χ3n) is 3.49. The monoisotopic (exact) mass is 279 g/mol. The van der Waals surface area contributed by atoms with Crippen LogP contribution in [0.1, 0.15) is 19.4 Å². The Kier molecular flexibility index (Phi) is 7.59. The molecule has 0 aromatic heterocycles. The molecule has 0 aliphatic heterocycles. The minimum absolute atomic E-state index is 0.519. The van der Waals surface area contributed by atoms with Gasteiger partial charge in [-0.2, -0.15) is 0 Å². The third-order valence-corrected chi connectivity index (χ3v) is 3.49. The van der Waals surface area contributed by atoms with Crippen molar-refractivity contribution in [2.75, 3.05) is 40.3 Å². The van der Waals surface area contributed by atoms with Crippen LogP contribution < -0.4 is 10.5 Å². The van der Waals surface area contributed by atoms with Crippen LogP contribution in [0.4, 0.5) is 0 Å². The fraction of sp³-hybridized carbons (Fsp3) is 0.625. The zero-order chi connectivity index (χ0) is 15.0. The summed E-state index contributed by atoms with van der Waals surface area (Å²) in [6.45, 7) is 8.71. The van der Waals surface area contributed by atoms with E-state index in [1.165, 1.54) is 0 Å². The molecule has 0 heterocycles. The topological polar surface area (TPSA) is 41.7 Å². The van der Waals surface area contributed by atoms with E-state index < -0.39 is 0 Å². The molecule has 114 valence electrons. The van der Waals surface area contributed by atoms with E-state index in [1.54, 1.807) is 0 Å². The number of nitrogens with zero attached hydrogens (tertiary/aromatic N) is 2. The van der Waals surface area contributed by atoms with Gasteiger partial charge in [-0.1, -0.05) is 25.1 Å². The highest BCUT2D eigenvalue weighted by Gasteiger charge is 2.12. The first kappa shape index (κ1) is 17.0. The first-order valence-electron chi connectivity index (χ1n) is 7.38. The molecular weight excluding hydrogens is 250 g/mol. The van der Waals surface area contributed by atoms with Gasteiger partial charge < -0.3 is 15.4 Å². The molecule has 0 spiro atoms. The van der Waals surface area contributed by atoms with Gasteiger partial charge in [-0.05, 0) is 33.6 Å². The minimum Gasteiger partial charge on any atom is -0.492 e. The summed E-state index contributed by atoms with van der Waals surface area (Å²) in [7, 11) is 4.22. The van der Waals surface area contributed by atoms with Crippen molar-refractivity contribution < 1.29 is 4.74 Å². The summed E-state index contributed by atoms with van der Waals surface area (Å²) in [6, 6.07) is 8.51. The van der Waals surface area contributed by atoms with Gasteiger partial charge >= 0.3 is 0 Å². The maximum Gasteiger partial charge on any atom is 0.123 e. The second kappa shape index (κ2) is 8.95. The van der Waals surface area contributed by atoms with Gasteiger partial charge in [0.05, 0.1) is 0 Å². The molecule has 20 heavy (non-hydrogen) atoms. The Balaban J connectivity index is 2.45. The Morgan fingerprint density at radius 3 is 2.55 bits per heavy atom. The highest BCUT2D eigenvalue weighted by molar-refractivity contribution is 5.32. The van der Waals surface area contributed by atoms with Gasteiger partial charge in [0.2, 0.25) is 0 Å². The molecule has 1 aromatic carbocycles. The maximum atomic E-state index is 5.88. The number of hydrogen-bond acceptors (Lipinski definition) is 4. The van der Waals surface area contributed by atoms with Gasteiger partial charge in [0.15, 0.2) is 0 Å². The van der Waals surface area contributed by atoms with Gasteiger partial charge in [0.25, 0.3) is 0 Å². The molecule has 0 bridgehead atoms. The van der Waals surface area contributed by atoms with Crippen molar-refractivity contribution in [3.63, 3.8) is 0 Å². The van der Waals surface area contributed by atoms with Crippen LogP contribution >= 0.6 is 0 Å². The van der Waals surface area contributed by atoms with Crippen LogP contribution in [0.25, 0.3) is 0 Å². The van der Waals surface area contributed by atoms with E-state index in [4.69, 9.17) is 10.5 Å². The molecular formula is C16H29N3O. The van der Waals surface area contributed by atoms with E-state index in [-0.39, 0.29) is 0 Å². The molecule has 4 nitrogen and oxygen atoms in total. The molecule has 4 heteroatoms. The number of ether oxygens (including phenoxy) is 1. The lowest BCUT2D eigenvalue weighted by Gasteiger charge is -2.29. The van der Waals surface area contributed by atoms with Crippen LogP contribution in [0.3, 0.4) is 0 Å². The second-order valence-electron chi connectivity index (χ2n) is 5.40. The van der Waals surface area contributed by atoms with E-state index in [0.29, 0.717) is 19.2 Å². The number of likely N-dealkylation sites (N-methyl/N-ethyl adjacent to an activating group) is 2. The fourth-order valence-corrected chi connectivity index (χ4v) is 2.42. The van der Waals surface area contributed by atoms with E-state index in [2.05, 4.69) is 37.7 Å². The Morgan fingerprint density at radius 2 is 1.95 bits per heavy atom. The lowest BCUT2D eigenvalue weighted by atomic mass is 10.2. The minimum atomic E-state index is 0.519. The van der Waals surface area contributed by atoms with Gasteiger partial charge in [0, 0.05) is 31.2 Å². The summed E-state index contributed by atoms with van der Waals surface area (Å²) < 4.78 is 5.88. The molecule has 0 fully saturated rings. The summed E-state index contributed by atoms with van der Waals surface area (Å²) >= 11 is 0. The molecule has 0 saturated carbocycles. The summed E-state index contributed by atoms with van der Waals surface area (Å²) in [5.74, 6) is 0.909. The summed E-state index contributed by atoms with van der Waals surface area (Å²) in [5, 5.41) is 0. The molecule has 0 radical (unpaired) electrons. The van der Waals surface area contributed by atoms with E-state index in [0.717, 1.165) is 30.9 Å². The van der Waals surface area contributed by atoms with Crippen molar-refractivity contribution in [2.24, 2.45) is 5.73 Å². The van der Waals surface area contributed by atoms with Crippen LogP contribution in [-0.4, -0.2) is 56.2 Å². The summed E-state index contributed by atoms with van der Waals surface area (Å²) in [5.41, 5.74) is 6.78. The smallest absolute Gasteiger partial charge is 0.123 e. The van der Waals surface area contributed by atoms with Crippen LogP contribution in [-0.2, 0) is 6.54 Å². The normalized spacial score (nSPS) is 12.9. The lowest BCUT2D eigenvalue weighted by molar-refractivity contribution is 0.151. The average Bonchev–Trinajstić information content (AvgIpc) is 2.43. The Labute approximate surface area is 123 Å². The highest BCUT2D eigenvalue weighted by atomic mass is 16.5. The van der Waals surface area contributed by atoms with Gasteiger partial charge in [-0.15, -0.1) is 0 Å². The fourth-order valence-electron chi connectivity index (χ4n) is 2.42. The number of para-hydroxylation sites is 1. The Morgan fingerprint density at radius 1 is 1.25 bits per heavy atom. The number of benzene rings is 1. The quantitative estimate of drug-likeness (QED) is 0.748. The molecule has 1 atom stereocenters. The third kappa shape index (κ3) is 5.49. The standard InChI is InChI=1S/C16H29N3O/c1-5-19(14(2)13-18(3)4)10-11-20-16-9-7-6-8-15(16)12-17/h6-9,14H,5,10-13,17H2,1-4H3. The van der Waals surface area contributed by atoms with Crippen LogP contribution in [0, 0.1) is 0 Å². The zero-order valence-corrected chi connectivity index (χ0v) is 13.3. The van der Waals surface area contributed by atoms with Crippen LogP contribution in [0.5, 0.6) is 5.75 Å². The van der Waals surface area contributed by atoms with Crippen LogP contribution in [0.15, 0.2) is 24.3 Å². The molecule has 0 aliphatic carbocycles. The van der Waals surface area contributed by atoms with E-state index in [9.17, 15) is 0 Å². The van der Waals surface area contributed by atoms with Crippen molar-refractivity contribution in [3.05, 3.63) is 29.8 Å². The molecule has 1 unspecified atom stereocenters. The van der Waals surface area contributed by atoms with E-state index in [1.807, 2.05) is 24.3 Å². The van der Waals surface area contributed by atoms with Gasteiger partial charge in [-0.3, -0.25) is 4.90 Å². The molecule has 0 amide bonds. The van der Waals surface area contributed by atoms with Crippen molar-refractivity contribution in [1.82, 2.24) is 9.80 Å². The van der Waals surface area contributed by atoms with Gasteiger partial charge in [0.1, 0.15) is 12.4 Å². The Hall–Kier alpha value is -1.10. The Bertz CT molecular complexity index is 382. The average molecular weight is 279 g/mol. The predicted molar refractivity (Wildman–Crippen MR) is 85.1 cm³/mol. The van der Waals surface area contributed by atoms with Crippen molar-refractivity contribution in [3.8, 4) is 5.75 Å². The number of nitrogens with two attached hydrogens (primary N) is 1. The first-order valence-corrected chi connectivity index (χ1v) is 7.38. The molecule has 0 aliphatic rings. The van der Waals surface area contributed by atoms with Gasteiger partial charge in [-0.25, -0.2) is 0 Å². The summed E-state index contributed by atoms with van der Waals surface area (Å²) in [4.78, 5) is 4.66.